The Balaban J connectivity index is 1.87. The maximum absolute atomic E-state index is 3.53. The van der Waals surface area contributed by atoms with Gasteiger partial charge in [0.15, 0.2) is 0 Å². The second-order valence-corrected chi connectivity index (χ2v) is 6.89. The molecule has 0 aliphatic carbocycles. The maximum atomic E-state index is 3.53. The van der Waals surface area contributed by atoms with Crippen molar-refractivity contribution in [2.45, 2.75) is 65.7 Å². The summed E-state index contributed by atoms with van der Waals surface area (Å²) in [6.07, 6.45) is 9.84. The van der Waals surface area contributed by atoms with Crippen LogP contribution in [0.2, 0.25) is 0 Å². The van der Waals surface area contributed by atoms with Crippen molar-refractivity contribution in [3.8, 4) is 0 Å². The van der Waals surface area contributed by atoms with Gasteiger partial charge in [-0.3, -0.25) is 0 Å². The average molecular weight is 268 g/mol. The van der Waals surface area contributed by atoms with E-state index in [2.05, 4.69) is 31.0 Å². The topological polar surface area (TPSA) is 15.3 Å². The van der Waals surface area contributed by atoms with Crippen LogP contribution < -0.4 is 5.32 Å². The predicted molar refractivity (Wildman–Crippen MR) is 85.6 cm³/mol. The molecular formula is C17H36N2. The lowest BCUT2D eigenvalue weighted by atomic mass is 10.0. The Bertz CT molecular complexity index is 203. The second kappa shape index (κ2) is 10.7. The number of hydrogen-bond donors (Lipinski definition) is 1. The lowest BCUT2D eigenvalue weighted by Crippen LogP contribution is -2.26. The number of unbranched alkanes of at least 4 members (excludes halogenated alkanes) is 3. The summed E-state index contributed by atoms with van der Waals surface area (Å²) in [4.78, 5) is 2.69. The molecular weight excluding hydrogens is 232 g/mol. The highest BCUT2D eigenvalue weighted by molar-refractivity contribution is 4.67. The van der Waals surface area contributed by atoms with E-state index < -0.39 is 0 Å². The first-order valence-electron chi connectivity index (χ1n) is 8.61. The lowest BCUT2D eigenvalue weighted by molar-refractivity contribution is 0.274. The smallest absolute Gasteiger partial charge is 0.00162 e. The zero-order chi connectivity index (χ0) is 13.9. The van der Waals surface area contributed by atoms with Crippen molar-refractivity contribution in [1.29, 1.82) is 0 Å². The fourth-order valence-electron chi connectivity index (χ4n) is 2.88. The van der Waals surface area contributed by atoms with E-state index in [1.54, 1.807) is 0 Å². The van der Waals surface area contributed by atoms with Gasteiger partial charge < -0.3 is 10.2 Å². The average Bonchev–Trinajstić information content (AvgIpc) is 2.57. The molecule has 2 heteroatoms. The molecule has 1 N–H and O–H groups in total. The summed E-state index contributed by atoms with van der Waals surface area (Å²) in [6, 6.07) is 0. The SMILES string of the molecule is CC(C)CNCCCCCCN1CCCC(C)CC1. The van der Waals surface area contributed by atoms with Gasteiger partial charge in [0.25, 0.3) is 0 Å². The highest BCUT2D eigenvalue weighted by Crippen LogP contribution is 2.16. The van der Waals surface area contributed by atoms with E-state index in [9.17, 15) is 0 Å². The van der Waals surface area contributed by atoms with Crippen LogP contribution in [0.25, 0.3) is 0 Å². The van der Waals surface area contributed by atoms with Crippen LogP contribution in [0.3, 0.4) is 0 Å². The molecule has 0 aromatic carbocycles. The van der Waals surface area contributed by atoms with Crippen molar-refractivity contribution in [3.63, 3.8) is 0 Å². The number of rotatable bonds is 9. The molecule has 1 aliphatic rings. The summed E-state index contributed by atoms with van der Waals surface area (Å²) < 4.78 is 0. The van der Waals surface area contributed by atoms with Gasteiger partial charge in [-0.05, 0) is 76.7 Å². The van der Waals surface area contributed by atoms with Crippen molar-refractivity contribution in [2.24, 2.45) is 11.8 Å². The molecule has 0 aromatic heterocycles. The first kappa shape index (κ1) is 17.0. The van der Waals surface area contributed by atoms with Gasteiger partial charge >= 0.3 is 0 Å². The van der Waals surface area contributed by atoms with Gasteiger partial charge in [-0.2, -0.15) is 0 Å². The van der Waals surface area contributed by atoms with E-state index >= 15 is 0 Å². The summed E-state index contributed by atoms with van der Waals surface area (Å²) in [7, 11) is 0. The molecule has 1 saturated heterocycles. The second-order valence-electron chi connectivity index (χ2n) is 6.89. The normalized spacial score (nSPS) is 21.8. The molecule has 0 saturated carbocycles. The molecule has 19 heavy (non-hydrogen) atoms. The zero-order valence-electron chi connectivity index (χ0n) is 13.6. The van der Waals surface area contributed by atoms with Gasteiger partial charge in [0.1, 0.15) is 0 Å². The first-order chi connectivity index (χ1) is 9.18. The minimum atomic E-state index is 0.783. The van der Waals surface area contributed by atoms with E-state index in [0.29, 0.717) is 0 Å². The van der Waals surface area contributed by atoms with Crippen LogP contribution >= 0.6 is 0 Å². The number of hydrogen-bond acceptors (Lipinski definition) is 2. The number of likely N-dealkylation sites (tertiary alicyclic amines) is 1. The van der Waals surface area contributed by atoms with Crippen LogP contribution in [0.5, 0.6) is 0 Å². The van der Waals surface area contributed by atoms with E-state index in [1.807, 2.05) is 0 Å². The number of nitrogens with zero attached hydrogens (tertiary/aromatic N) is 1. The van der Waals surface area contributed by atoms with Gasteiger partial charge in [0, 0.05) is 0 Å². The quantitative estimate of drug-likeness (QED) is 0.638. The zero-order valence-corrected chi connectivity index (χ0v) is 13.6. The molecule has 1 atom stereocenters. The van der Waals surface area contributed by atoms with Crippen molar-refractivity contribution in [1.82, 2.24) is 10.2 Å². The van der Waals surface area contributed by atoms with Gasteiger partial charge in [-0.15, -0.1) is 0 Å². The Kier molecular flexibility index (Phi) is 9.54. The monoisotopic (exact) mass is 268 g/mol. The summed E-state index contributed by atoms with van der Waals surface area (Å²) >= 11 is 0. The summed E-state index contributed by atoms with van der Waals surface area (Å²) in [6.45, 7) is 13.4. The summed E-state index contributed by atoms with van der Waals surface area (Å²) in [5.74, 6) is 1.74. The molecule has 114 valence electrons. The Morgan fingerprint density at radius 3 is 2.63 bits per heavy atom. The maximum Gasteiger partial charge on any atom is -0.00162 e. The Hall–Kier alpha value is -0.0800. The van der Waals surface area contributed by atoms with Crippen molar-refractivity contribution >= 4 is 0 Å². The molecule has 1 rings (SSSR count). The van der Waals surface area contributed by atoms with Crippen molar-refractivity contribution in [2.75, 3.05) is 32.7 Å². The third kappa shape index (κ3) is 9.45. The van der Waals surface area contributed by atoms with E-state index in [1.165, 1.54) is 77.7 Å². The lowest BCUT2D eigenvalue weighted by Gasteiger charge is -2.19. The van der Waals surface area contributed by atoms with Gasteiger partial charge in [-0.1, -0.05) is 33.6 Å². The molecule has 0 bridgehead atoms. The van der Waals surface area contributed by atoms with Crippen molar-refractivity contribution < 1.29 is 0 Å². The van der Waals surface area contributed by atoms with Gasteiger partial charge in [0.05, 0.1) is 0 Å². The molecule has 2 nitrogen and oxygen atoms in total. The van der Waals surface area contributed by atoms with Gasteiger partial charge in [-0.25, -0.2) is 0 Å². The third-order valence-electron chi connectivity index (χ3n) is 4.24. The fourth-order valence-corrected chi connectivity index (χ4v) is 2.88. The largest absolute Gasteiger partial charge is 0.316 e. The molecule has 0 radical (unpaired) electrons. The first-order valence-corrected chi connectivity index (χ1v) is 8.61. The highest BCUT2D eigenvalue weighted by Gasteiger charge is 2.12. The minimum absolute atomic E-state index is 0.783. The van der Waals surface area contributed by atoms with E-state index in [4.69, 9.17) is 0 Å². The third-order valence-corrected chi connectivity index (χ3v) is 4.24. The van der Waals surface area contributed by atoms with E-state index in [-0.39, 0.29) is 0 Å². The molecule has 1 unspecified atom stereocenters. The molecule has 0 spiro atoms. The molecule has 1 heterocycles. The van der Waals surface area contributed by atoms with Crippen LogP contribution in [-0.4, -0.2) is 37.6 Å². The van der Waals surface area contributed by atoms with Crippen LogP contribution in [0.1, 0.15) is 65.7 Å². The van der Waals surface area contributed by atoms with Crippen LogP contribution in [0, 0.1) is 11.8 Å². The highest BCUT2D eigenvalue weighted by atomic mass is 15.1. The van der Waals surface area contributed by atoms with Crippen LogP contribution in [0.15, 0.2) is 0 Å². The standard InChI is InChI=1S/C17H36N2/c1-16(2)15-18-11-6-4-5-7-12-19-13-8-9-17(3)10-14-19/h16-18H,4-15H2,1-3H3. The van der Waals surface area contributed by atoms with Crippen LogP contribution in [0.4, 0.5) is 0 Å². The minimum Gasteiger partial charge on any atom is -0.316 e. The van der Waals surface area contributed by atoms with Gasteiger partial charge in [0.2, 0.25) is 0 Å². The summed E-state index contributed by atoms with van der Waals surface area (Å²) in [5.41, 5.74) is 0. The Morgan fingerprint density at radius 1 is 1.05 bits per heavy atom. The van der Waals surface area contributed by atoms with Crippen molar-refractivity contribution in [3.05, 3.63) is 0 Å². The fraction of sp³-hybridized carbons (Fsp3) is 1.00. The number of nitrogens with one attached hydrogen (secondary N) is 1. The molecule has 1 aliphatic heterocycles. The molecule has 0 aromatic rings. The van der Waals surface area contributed by atoms with Crippen LogP contribution in [-0.2, 0) is 0 Å². The summed E-state index contributed by atoms with van der Waals surface area (Å²) in [5, 5.41) is 3.53. The Morgan fingerprint density at radius 2 is 1.84 bits per heavy atom. The molecule has 0 amide bonds. The molecule has 1 fully saturated rings. The predicted octanol–water partition coefficient (Wildman–Crippen LogP) is 3.91. The Labute approximate surface area is 121 Å². The van der Waals surface area contributed by atoms with E-state index in [0.717, 1.165) is 11.8 Å².